The van der Waals surface area contributed by atoms with E-state index in [9.17, 15) is 9.59 Å². The lowest BCUT2D eigenvalue weighted by molar-refractivity contribution is 0.0879. The molecular formula is C8H5ClN2O2. The second-order valence-corrected chi connectivity index (χ2v) is 3.12. The molecule has 1 N–H and O–H groups in total. The first-order valence-corrected chi connectivity index (χ1v) is 4.00. The molecule has 5 heteroatoms. The molecule has 0 aromatic carbocycles. The van der Waals surface area contributed by atoms with Crippen LogP contribution in [0.5, 0.6) is 0 Å². The van der Waals surface area contributed by atoms with Crippen LogP contribution in [-0.2, 0) is 0 Å². The van der Waals surface area contributed by atoms with Crippen LogP contribution < -0.4 is 5.32 Å². The Hall–Kier alpha value is -1.42. The number of hydrogen-bond acceptors (Lipinski definition) is 3. The van der Waals surface area contributed by atoms with Crippen molar-refractivity contribution in [3.8, 4) is 0 Å². The van der Waals surface area contributed by atoms with E-state index in [-0.39, 0.29) is 10.7 Å². The predicted molar refractivity (Wildman–Crippen MR) is 45.8 cm³/mol. The number of halogens is 1. The van der Waals surface area contributed by atoms with Crippen LogP contribution in [0.25, 0.3) is 0 Å². The summed E-state index contributed by atoms with van der Waals surface area (Å²) in [5.74, 6) is -0.884. The van der Waals surface area contributed by atoms with Gasteiger partial charge in [0.2, 0.25) is 0 Å². The van der Waals surface area contributed by atoms with Crippen molar-refractivity contribution < 1.29 is 9.59 Å². The molecule has 0 spiro atoms. The molecule has 4 nitrogen and oxygen atoms in total. The topological polar surface area (TPSA) is 59.1 Å². The van der Waals surface area contributed by atoms with Crippen molar-refractivity contribution in [3.63, 3.8) is 0 Å². The third kappa shape index (κ3) is 1.10. The number of nitrogens with zero attached hydrogens (tertiary/aromatic N) is 1. The highest BCUT2D eigenvalue weighted by atomic mass is 35.5. The number of pyridine rings is 1. The van der Waals surface area contributed by atoms with E-state index in [1.807, 2.05) is 0 Å². The normalized spacial score (nSPS) is 14.3. The van der Waals surface area contributed by atoms with Crippen LogP contribution in [0.4, 0.5) is 0 Å². The Kier molecular flexibility index (Phi) is 1.60. The van der Waals surface area contributed by atoms with Crippen LogP contribution in [0, 0.1) is 6.92 Å². The van der Waals surface area contributed by atoms with Crippen LogP contribution in [-0.4, -0.2) is 16.8 Å². The molecule has 66 valence electrons. The van der Waals surface area contributed by atoms with Gasteiger partial charge in [-0.15, -0.1) is 0 Å². The quantitative estimate of drug-likeness (QED) is 0.496. The summed E-state index contributed by atoms with van der Waals surface area (Å²) >= 11 is 5.71. The van der Waals surface area contributed by atoms with E-state index >= 15 is 0 Å². The molecular weight excluding hydrogens is 192 g/mol. The number of aromatic nitrogens is 1. The predicted octanol–water partition coefficient (Wildman–Crippen LogP) is 0.927. The van der Waals surface area contributed by atoms with Crippen LogP contribution >= 0.6 is 11.6 Å². The Labute approximate surface area is 78.9 Å². The van der Waals surface area contributed by atoms with E-state index in [4.69, 9.17) is 11.6 Å². The van der Waals surface area contributed by atoms with E-state index in [2.05, 4.69) is 10.3 Å². The fourth-order valence-corrected chi connectivity index (χ4v) is 1.58. The zero-order valence-electron chi connectivity index (χ0n) is 6.72. The van der Waals surface area contributed by atoms with Gasteiger partial charge in [0.05, 0.1) is 11.1 Å². The van der Waals surface area contributed by atoms with Gasteiger partial charge in [0, 0.05) is 5.69 Å². The standard InChI is InChI=1S/C8H5ClN2O2/c1-3-2-4-5(6(9)10-3)8(13)11-7(4)12/h2H,1H3,(H,11,12,13). The number of amides is 2. The lowest BCUT2D eigenvalue weighted by atomic mass is 10.1. The fourth-order valence-electron chi connectivity index (χ4n) is 1.26. The van der Waals surface area contributed by atoms with E-state index < -0.39 is 11.8 Å². The molecule has 0 bridgehead atoms. The van der Waals surface area contributed by atoms with Gasteiger partial charge in [0.1, 0.15) is 5.15 Å². The maximum Gasteiger partial charge on any atom is 0.262 e. The molecule has 0 saturated heterocycles. The molecule has 0 aliphatic carbocycles. The second kappa shape index (κ2) is 2.53. The summed E-state index contributed by atoms with van der Waals surface area (Å²) in [7, 11) is 0. The SMILES string of the molecule is Cc1cc2c(c(Cl)n1)C(=O)NC2=O. The molecule has 13 heavy (non-hydrogen) atoms. The average molecular weight is 197 g/mol. The summed E-state index contributed by atoms with van der Waals surface area (Å²) in [6.07, 6.45) is 0. The van der Waals surface area contributed by atoms with E-state index in [0.29, 0.717) is 11.3 Å². The first-order chi connectivity index (χ1) is 6.09. The van der Waals surface area contributed by atoms with Gasteiger partial charge in [-0.05, 0) is 13.0 Å². The van der Waals surface area contributed by atoms with Gasteiger partial charge in [-0.1, -0.05) is 11.6 Å². The zero-order valence-corrected chi connectivity index (χ0v) is 7.47. The molecule has 2 amide bonds. The molecule has 0 radical (unpaired) electrons. The minimum atomic E-state index is -0.475. The van der Waals surface area contributed by atoms with Crippen molar-refractivity contribution in [3.05, 3.63) is 28.0 Å². The molecule has 0 fully saturated rings. The van der Waals surface area contributed by atoms with Crippen LogP contribution in [0.15, 0.2) is 6.07 Å². The number of imide groups is 1. The highest BCUT2D eigenvalue weighted by Gasteiger charge is 2.30. The lowest BCUT2D eigenvalue weighted by Crippen LogP contribution is -2.20. The third-order valence-corrected chi connectivity index (χ3v) is 2.08. The van der Waals surface area contributed by atoms with E-state index in [0.717, 1.165) is 0 Å². The molecule has 0 unspecified atom stereocenters. The van der Waals surface area contributed by atoms with Crippen molar-refractivity contribution in [2.24, 2.45) is 0 Å². The first-order valence-electron chi connectivity index (χ1n) is 3.62. The molecule has 1 aliphatic rings. The van der Waals surface area contributed by atoms with Gasteiger partial charge in [-0.3, -0.25) is 14.9 Å². The van der Waals surface area contributed by atoms with Gasteiger partial charge < -0.3 is 0 Å². The zero-order chi connectivity index (χ0) is 9.59. The van der Waals surface area contributed by atoms with Gasteiger partial charge in [-0.25, -0.2) is 4.98 Å². The van der Waals surface area contributed by atoms with Gasteiger partial charge in [-0.2, -0.15) is 0 Å². The molecule has 0 saturated carbocycles. The van der Waals surface area contributed by atoms with E-state index in [1.54, 1.807) is 13.0 Å². The monoisotopic (exact) mass is 196 g/mol. The number of carbonyl (C=O) groups is 2. The van der Waals surface area contributed by atoms with Crippen LogP contribution in [0.1, 0.15) is 26.4 Å². The van der Waals surface area contributed by atoms with E-state index in [1.165, 1.54) is 0 Å². The molecule has 2 rings (SSSR count). The van der Waals surface area contributed by atoms with Gasteiger partial charge in [0.15, 0.2) is 0 Å². The minimum absolute atomic E-state index is 0.0818. The minimum Gasteiger partial charge on any atom is -0.288 e. The Morgan fingerprint density at radius 3 is 2.77 bits per heavy atom. The van der Waals surface area contributed by atoms with Crippen molar-refractivity contribution in [1.29, 1.82) is 0 Å². The smallest absolute Gasteiger partial charge is 0.262 e. The number of aryl methyl sites for hydroxylation is 1. The Balaban J connectivity index is 2.77. The Morgan fingerprint density at radius 1 is 1.38 bits per heavy atom. The number of carbonyl (C=O) groups excluding carboxylic acids is 2. The van der Waals surface area contributed by atoms with Gasteiger partial charge in [0.25, 0.3) is 11.8 Å². The Bertz CT molecular complexity index is 428. The van der Waals surface area contributed by atoms with Crippen molar-refractivity contribution >= 4 is 23.4 Å². The van der Waals surface area contributed by atoms with Crippen molar-refractivity contribution in [2.45, 2.75) is 6.92 Å². The summed E-state index contributed by atoms with van der Waals surface area (Å²) in [6, 6.07) is 1.54. The summed E-state index contributed by atoms with van der Waals surface area (Å²) in [6.45, 7) is 1.71. The number of nitrogens with one attached hydrogen (secondary N) is 1. The Morgan fingerprint density at radius 2 is 2.08 bits per heavy atom. The van der Waals surface area contributed by atoms with Crippen molar-refractivity contribution in [2.75, 3.05) is 0 Å². The average Bonchev–Trinajstić information content (AvgIpc) is 2.27. The van der Waals surface area contributed by atoms with Crippen molar-refractivity contribution in [1.82, 2.24) is 10.3 Å². The number of rotatable bonds is 0. The molecule has 1 aliphatic heterocycles. The maximum absolute atomic E-state index is 11.2. The van der Waals surface area contributed by atoms with Gasteiger partial charge >= 0.3 is 0 Å². The number of hydrogen-bond donors (Lipinski definition) is 1. The maximum atomic E-state index is 11.2. The third-order valence-electron chi connectivity index (χ3n) is 1.80. The van der Waals surface area contributed by atoms with Crippen LogP contribution in [0.3, 0.4) is 0 Å². The molecule has 1 aromatic rings. The number of fused-ring (bicyclic) bond motifs is 1. The highest BCUT2D eigenvalue weighted by molar-refractivity contribution is 6.36. The molecule has 0 atom stereocenters. The first kappa shape index (κ1) is 8.19. The summed E-state index contributed by atoms with van der Waals surface area (Å²) < 4.78 is 0. The largest absolute Gasteiger partial charge is 0.288 e. The highest BCUT2D eigenvalue weighted by Crippen LogP contribution is 2.22. The summed E-state index contributed by atoms with van der Waals surface area (Å²) in [5, 5.41) is 2.23. The summed E-state index contributed by atoms with van der Waals surface area (Å²) in [5.41, 5.74) is 1.10. The molecule has 2 heterocycles. The fraction of sp³-hybridized carbons (Fsp3) is 0.125. The lowest BCUT2D eigenvalue weighted by Gasteiger charge is -1.98. The molecule has 1 aromatic heterocycles. The summed E-state index contributed by atoms with van der Waals surface area (Å²) in [4.78, 5) is 26.2. The second-order valence-electron chi connectivity index (χ2n) is 2.76. The van der Waals surface area contributed by atoms with Crippen LogP contribution in [0.2, 0.25) is 5.15 Å².